The third-order valence-electron chi connectivity index (χ3n) is 2.35. The number of rotatable bonds is 4. The van der Waals surface area contributed by atoms with Gasteiger partial charge in [0.2, 0.25) is 0 Å². The predicted octanol–water partition coefficient (Wildman–Crippen LogP) is 4.13. The number of nitrogens with one attached hydrogen (secondary N) is 1. The molecule has 0 unspecified atom stereocenters. The van der Waals surface area contributed by atoms with Crippen LogP contribution in [0.2, 0.25) is 10.0 Å². The molecular formula is C12H14Cl3NO. The lowest BCUT2D eigenvalue weighted by molar-refractivity contribution is 0.0912. The van der Waals surface area contributed by atoms with E-state index in [1.165, 1.54) is 0 Å². The SMILES string of the molecule is CC(C)(CCCl)NC(=O)c1ccc(Cl)cc1Cl. The summed E-state index contributed by atoms with van der Waals surface area (Å²) in [7, 11) is 0. The number of hydrogen-bond donors (Lipinski definition) is 1. The summed E-state index contributed by atoms with van der Waals surface area (Å²) in [5, 5.41) is 3.73. The lowest BCUT2D eigenvalue weighted by Crippen LogP contribution is -2.43. The highest BCUT2D eigenvalue weighted by Crippen LogP contribution is 2.22. The van der Waals surface area contributed by atoms with Gasteiger partial charge in [-0.05, 0) is 38.5 Å². The lowest BCUT2D eigenvalue weighted by atomic mass is 10.0. The highest BCUT2D eigenvalue weighted by atomic mass is 35.5. The first-order valence-corrected chi connectivity index (χ1v) is 6.48. The Balaban J connectivity index is 2.83. The molecule has 0 saturated carbocycles. The van der Waals surface area contributed by atoms with Crippen molar-refractivity contribution < 1.29 is 4.79 Å². The molecule has 0 aliphatic heterocycles. The second-order valence-electron chi connectivity index (χ2n) is 4.40. The van der Waals surface area contributed by atoms with Gasteiger partial charge in [0.05, 0.1) is 10.6 Å². The molecule has 0 bridgehead atoms. The molecule has 0 aromatic heterocycles. The first-order valence-electron chi connectivity index (χ1n) is 5.19. The van der Waals surface area contributed by atoms with Gasteiger partial charge in [-0.25, -0.2) is 0 Å². The van der Waals surface area contributed by atoms with Crippen LogP contribution in [-0.2, 0) is 0 Å². The number of carbonyl (C=O) groups is 1. The minimum Gasteiger partial charge on any atom is -0.347 e. The van der Waals surface area contributed by atoms with Gasteiger partial charge in [0.15, 0.2) is 0 Å². The molecule has 0 saturated heterocycles. The van der Waals surface area contributed by atoms with Gasteiger partial charge in [-0.2, -0.15) is 0 Å². The molecule has 0 aliphatic rings. The van der Waals surface area contributed by atoms with Crippen molar-refractivity contribution in [1.29, 1.82) is 0 Å². The van der Waals surface area contributed by atoms with Gasteiger partial charge in [0.25, 0.3) is 5.91 Å². The number of benzene rings is 1. The van der Waals surface area contributed by atoms with Crippen LogP contribution in [0.3, 0.4) is 0 Å². The summed E-state index contributed by atoms with van der Waals surface area (Å²) in [6, 6.07) is 4.79. The highest BCUT2D eigenvalue weighted by Gasteiger charge is 2.21. The maximum absolute atomic E-state index is 12.0. The Labute approximate surface area is 116 Å². The average Bonchev–Trinajstić information content (AvgIpc) is 2.15. The third-order valence-corrected chi connectivity index (χ3v) is 3.08. The molecule has 0 heterocycles. The normalized spacial score (nSPS) is 11.4. The van der Waals surface area contributed by atoms with Crippen molar-refractivity contribution in [3.63, 3.8) is 0 Å². The standard InChI is InChI=1S/C12H14Cl3NO/c1-12(2,5-6-13)16-11(17)9-4-3-8(14)7-10(9)15/h3-4,7H,5-6H2,1-2H3,(H,16,17). The van der Waals surface area contributed by atoms with Gasteiger partial charge in [-0.15, -0.1) is 11.6 Å². The van der Waals surface area contributed by atoms with Gasteiger partial charge >= 0.3 is 0 Å². The molecule has 17 heavy (non-hydrogen) atoms. The Morgan fingerprint density at radius 1 is 1.35 bits per heavy atom. The Kier molecular flexibility index (Phi) is 5.11. The van der Waals surface area contributed by atoms with E-state index in [-0.39, 0.29) is 11.4 Å². The number of alkyl halides is 1. The Morgan fingerprint density at radius 3 is 2.53 bits per heavy atom. The lowest BCUT2D eigenvalue weighted by Gasteiger charge is -2.25. The zero-order valence-corrected chi connectivity index (χ0v) is 12.0. The molecule has 1 amide bonds. The highest BCUT2D eigenvalue weighted by molar-refractivity contribution is 6.36. The molecule has 0 spiro atoms. The van der Waals surface area contributed by atoms with Crippen LogP contribution in [0, 0.1) is 0 Å². The molecule has 0 radical (unpaired) electrons. The molecule has 2 nitrogen and oxygen atoms in total. The number of amides is 1. The fourth-order valence-corrected chi connectivity index (χ4v) is 2.31. The zero-order chi connectivity index (χ0) is 13.1. The number of hydrogen-bond acceptors (Lipinski definition) is 1. The largest absolute Gasteiger partial charge is 0.347 e. The molecule has 5 heteroatoms. The zero-order valence-electron chi connectivity index (χ0n) is 9.69. The molecule has 94 valence electrons. The summed E-state index contributed by atoms with van der Waals surface area (Å²) in [4.78, 5) is 12.0. The molecule has 1 aromatic carbocycles. The van der Waals surface area contributed by atoms with Gasteiger partial charge in [-0.1, -0.05) is 23.2 Å². The Bertz CT molecular complexity index is 418. The average molecular weight is 295 g/mol. The van der Waals surface area contributed by atoms with Crippen LogP contribution in [0.5, 0.6) is 0 Å². The van der Waals surface area contributed by atoms with Gasteiger partial charge < -0.3 is 5.32 Å². The first kappa shape index (κ1) is 14.6. The van der Waals surface area contributed by atoms with Gasteiger partial charge in [0.1, 0.15) is 0 Å². The van der Waals surface area contributed by atoms with Crippen molar-refractivity contribution in [3.05, 3.63) is 33.8 Å². The quantitative estimate of drug-likeness (QED) is 0.831. The molecule has 1 rings (SSSR count). The number of halogens is 3. The fourth-order valence-electron chi connectivity index (χ4n) is 1.35. The van der Waals surface area contributed by atoms with E-state index >= 15 is 0 Å². The Morgan fingerprint density at radius 2 is 2.00 bits per heavy atom. The van der Waals surface area contributed by atoms with E-state index in [1.54, 1.807) is 18.2 Å². The molecule has 0 fully saturated rings. The van der Waals surface area contributed by atoms with Crippen LogP contribution in [0.4, 0.5) is 0 Å². The number of carbonyl (C=O) groups excluding carboxylic acids is 1. The monoisotopic (exact) mass is 293 g/mol. The summed E-state index contributed by atoms with van der Waals surface area (Å²) in [6.07, 6.45) is 0.686. The summed E-state index contributed by atoms with van der Waals surface area (Å²) in [5.74, 6) is 0.267. The van der Waals surface area contributed by atoms with E-state index < -0.39 is 0 Å². The van der Waals surface area contributed by atoms with Crippen molar-refractivity contribution in [2.75, 3.05) is 5.88 Å². The summed E-state index contributed by atoms with van der Waals surface area (Å²) >= 11 is 17.4. The van der Waals surface area contributed by atoms with E-state index in [0.29, 0.717) is 27.9 Å². The molecular weight excluding hydrogens is 280 g/mol. The van der Waals surface area contributed by atoms with Crippen LogP contribution in [0.15, 0.2) is 18.2 Å². The van der Waals surface area contributed by atoms with E-state index in [4.69, 9.17) is 34.8 Å². The maximum Gasteiger partial charge on any atom is 0.253 e. The maximum atomic E-state index is 12.0. The summed E-state index contributed by atoms with van der Waals surface area (Å²) in [6.45, 7) is 3.83. The van der Waals surface area contributed by atoms with E-state index in [1.807, 2.05) is 13.8 Å². The van der Waals surface area contributed by atoms with Crippen molar-refractivity contribution >= 4 is 40.7 Å². The summed E-state index contributed by atoms with van der Waals surface area (Å²) in [5.41, 5.74) is 0.0561. The van der Waals surface area contributed by atoms with Crippen LogP contribution in [0.1, 0.15) is 30.6 Å². The second kappa shape index (κ2) is 5.94. The van der Waals surface area contributed by atoms with E-state index in [9.17, 15) is 4.79 Å². The molecule has 1 N–H and O–H groups in total. The smallest absolute Gasteiger partial charge is 0.253 e. The van der Waals surface area contributed by atoms with Crippen molar-refractivity contribution in [2.24, 2.45) is 0 Å². The third kappa shape index (κ3) is 4.38. The second-order valence-corrected chi connectivity index (χ2v) is 5.62. The minimum absolute atomic E-state index is 0.221. The first-order chi connectivity index (χ1) is 7.85. The van der Waals surface area contributed by atoms with Crippen LogP contribution >= 0.6 is 34.8 Å². The molecule has 1 aromatic rings. The van der Waals surface area contributed by atoms with Gasteiger partial charge in [0, 0.05) is 16.4 Å². The van der Waals surface area contributed by atoms with Crippen molar-refractivity contribution in [3.8, 4) is 0 Å². The topological polar surface area (TPSA) is 29.1 Å². The minimum atomic E-state index is -0.359. The van der Waals surface area contributed by atoms with E-state index in [2.05, 4.69) is 5.32 Å². The van der Waals surface area contributed by atoms with Crippen molar-refractivity contribution in [2.45, 2.75) is 25.8 Å². The van der Waals surface area contributed by atoms with Gasteiger partial charge in [-0.3, -0.25) is 4.79 Å². The van der Waals surface area contributed by atoms with E-state index in [0.717, 1.165) is 0 Å². The summed E-state index contributed by atoms with van der Waals surface area (Å²) < 4.78 is 0. The molecule has 0 atom stereocenters. The predicted molar refractivity (Wildman–Crippen MR) is 73.3 cm³/mol. The van der Waals surface area contributed by atoms with Crippen LogP contribution in [0.25, 0.3) is 0 Å². The van der Waals surface area contributed by atoms with Crippen LogP contribution in [-0.4, -0.2) is 17.3 Å². The fraction of sp³-hybridized carbons (Fsp3) is 0.417. The van der Waals surface area contributed by atoms with Crippen molar-refractivity contribution in [1.82, 2.24) is 5.32 Å². The Hall–Kier alpha value is -0.440. The molecule has 0 aliphatic carbocycles. The van der Waals surface area contributed by atoms with Crippen LogP contribution < -0.4 is 5.32 Å².